The third kappa shape index (κ3) is 8.24. The van der Waals surface area contributed by atoms with Crippen molar-refractivity contribution in [3.05, 3.63) is 0 Å². The maximum Gasteiger partial charge on any atom is 0.347 e. The molecule has 2 unspecified atom stereocenters. The summed E-state index contributed by atoms with van der Waals surface area (Å²) >= 11 is 0. The molecule has 0 aromatic rings. The molecule has 0 spiro atoms. The summed E-state index contributed by atoms with van der Waals surface area (Å²) in [5.41, 5.74) is -7.73. The van der Waals surface area contributed by atoms with E-state index in [1.807, 2.05) is 0 Å². The summed E-state index contributed by atoms with van der Waals surface area (Å²) < 4.78 is 44.4. The molecule has 10 atom stereocenters. The van der Waals surface area contributed by atoms with E-state index in [2.05, 4.69) is 0 Å². The zero-order valence-corrected chi connectivity index (χ0v) is 37.1. The summed E-state index contributed by atoms with van der Waals surface area (Å²) in [7, 11) is 0. The second kappa shape index (κ2) is 19.6. The molecule has 0 aromatic carbocycles. The third-order valence-corrected chi connectivity index (χ3v) is 13.9. The highest BCUT2D eigenvalue weighted by Crippen LogP contribution is 2.94. The largest absolute Gasteiger partial charge is 0.463 e. The van der Waals surface area contributed by atoms with E-state index in [9.17, 15) is 19.2 Å². The van der Waals surface area contributed by atoms with Crippen LogP contribution in [-0.4, -0.2) is 98.6 Å². The predicted molar refractivity (Wildman–Crippen MR) is 210 cm³/mol. The minimum absolute atomic E-state index is 0.00664. The van der Waals surface area contributed by atoms with Crippen LogP contribution in [0.15, 0.2) is 0 Å². The summed E-state index contributed by atoms with van der Waals surface area (Å²) in [5, 5.41) is 0. The fourth-order valence-electron chi connectivity index (χ4n) is 11.2. The van der Waals surface area contributed by atoms with E-state index in [0.717, 1.165) is 12.8 Å². The molecule has 0 aromatic heterocycles. The van der Waals surface area contributed by atoms with E-state index in [0.29, 0.717) is 51.4 Å². The van der Waals surface area contributed by atoms with E-state index in [-0.39, 0.29) is 26.4 Å². The van der Waals surface area contributed by atoms with Crippen LogP contribution in [-0.2, 0) is 76.3 Å². The highest BCUT2D eigenvalue weighted by Gasteiger charge is 3.03. The number of hydrogen-bond donors (Lipinski definition) is 0. The van der Waals surface area contributed by atoms with Gasteiger partial charge in [0, 0.05) is 10.8 Å². The number of ether oxygens (including phenoxy) is 8. The van der Waals surface area contributed by atoms with E-state index in [1.54, 1.807) is 41.5 Å². The maximum atomic E-state index is 15.8. The van der Waals surface area contributed by atoms with Gasteiger partial charge in [0.15, 0.2) is 24.4 Å². The van der Waals surface area contributed by atoms with Crippen LogP contribution >= 0.6 is 0 Å². The fraction of sp³-hybridized carbons (Fsp3) is 0.818. The molecule has 4 saturated carbocycles. The van der Waals surface area contributed by atoms with Gasteiger partial charge >= 0.3 is 47.8 Å². The van der Waals surface area contributed by atoms with Crippen molar-refractivity contribution in [1.29, 1.82) is 0 Å². The van der Waals surface area contributed by atoms with Gasteiger partial charge in [-0.2, -0.15) is 0 Å². The topological polar surface area (TPSA) is 210 Å². The molecular weight excluding hydrogens is 784 g/mol. The van der Waals surface area contributed by atoms with Gasteiger partial charge < -0.3 is 37.9 Å². The van der Waals surface area contributed by atoms with E-state index >= 15 is 19.2 Å². The monoisotopic (exact) mass is 850 g/mol. The molecule has 4 fully saturated rings. The zero-order chi connectivity index (χ0) is 44.8. The number of hydrogen-bond acceptors (Lipinski definition) is 16. The standard InChI is InChI=1S/C44H66O16/c1-11-53-33(45)25(5)57-37(49)31-41(9,29-21-17-15-18-22-29)43(31,39(51)59-27(7)35(47)55-13-3)44(40(52)60-28(8)36(48)56-14-4)32(38(50)58-26(6)34(46)54-12-2)42(44,10)30-23-19-16-20-24-30/h25-32H,11-24H2,1-10H3/t25-,26-,27-,28-,31?,32?,41-,42-,43+,44+/m0/s1. The lowest BCUT2D eigenvalue weighted by Gasteiger charge is -2.39. The maximum absolute atomic E-state index is 15.8. The van der Waals surface area contributed by atoms with Crippen LogP contribution in [0.4, 0.5) is 0 Å². The molecule has 4 aliphatic carbocycles. The minimum atomic E-state index is -2.33. The average molecular weight is 851 g/mol. The second-order valence-electron chi connectivity index (χ2n) is 17.0. The Morgan fingerprint density at radius 2 is 0.683 bits per heavy atom. The quantitative estimate of drug-likeness (QED) is 0.118. The first-order chi connectivity index (χ1) is 28.3. The van der Waals surface area contributed by atoms with Gasteiger partial charge in [0.1, 0.15) is 10.8 Å². The van der Waals surface area contributed by atoms with Crippen LogP contribution in [0.1, 0.15) is 133 Å². The summed E-state index contributed by atoms with van der Waals surface area (Å²) in [6.07, 6.45) is 0.657. The van der Waals surface area contributed by atoms with E-state index in [1.165, 1.54) is 27.7 Å². The second-order valence-corrected chi connectivity index (χ2v) is 17.0. The van der Waals surface area contributed by atoms with Gasteiger partial charge in [-0.05, 0) is 92.9 Å². The SMILES string of the molecule is CCOC(=O)[C@H](C)OC(=O)C1[C@](C)(C2CCCCC2)[C@@]1(C(=O)O[C@@H](C)C(=O)OCC)[C@@]1(C(=O)O[C@@H](C)C(=O)OCC)C(C(=O)O[C@@H](C)C(=O)OCC)[C@]1(C)C1CCCCC1. The Kier molecular flexibility index (Phi) is 15.9. The minimum Gasteiger partial charge on any atom is -0.463 e. The lowest BCUT2D eigenvalue weighted by Crippen LogP contribution is -2.49. The summed E-state index contributed by atoms with van der Waals surface area (Å²) in [4.78, 5) is 114. The van der Waals surface area contributed by atoms with Crippen LogP contribution in [0, 0.1) is 45.3 Å². The predicted octanol–water partition coefficient (Wildman–Crippen LogP) is 5.37. The Morgan fingerprint density at radius 1 is 0.433 bits per heavy atom. The van der Waals surface area contributed by atoms with Crippen molar-refractivity contribution in [2.24, 2.45) is 45.3 Å². The molecule has 0 saturated heterocycles. The van der Waals surface area contributed by atoms with Crippen molar-refractivity contribution in [2.75, 3.05) is 26.4 Å². The molecule has 4 aliphatic rings. The molecule has 0 aliphatic heterocycles. The molecule has 0 N–H and O–H groups in total. The molecule has 0 amide bonds. The Hall–Kier alpha value is -4.24. The molecule has 16 nitrogen and oxygen atoms in total. The Morgan fingerprint density at radius 3 is 0.933 bits per heavy atom. The fourth-order valence-corrected chi connectivity index (χ4v) is 11.2. The zero-order valence-electron chi connectivity index (χ0n) is 37.1. The lowest BCUT2D eigenvalue weighted by molar-refractivity contribution is -0.187. The van der Waals surface area contributed by atoms with Crippen LogP contribution < -0.4 is 0 Å². The molecule has 0 bridgehead atoms. The number of carbonyl (C=O) groups excluding carboxylic acids is 8. The van der Waals surface area contributed by atoms with Crippen molar-refractivity contribution in [2.45, 2.75) is 158 Å². The van der Waals surface area contributed by atoms with Gasteiger partial charge in [0.05, 0.1) is 38.3 Å². The first-order valence-electron chi connectivity index (χ1n) is 21.8. The van der Waals surface area contributed by atoms with Gasteiger partial charge in [-0.3, -0.25) is 19.2 Å². The normalized spacial score (nSPS) is 30.8. The smallest absolute Gasteiger partial charge is 0.347 e. The summed E-state index contributed by atoms with van der Waals surface area (Å²) in [5.74, 6) is -11.9. The Bertz CT molecular complexity index is 1510. The van der Waals surface area contributed by atoms with Gasteiger partial charge in [0.25, 0.3) is 0 Å². The van der Waals surface area contributed by atoms with Crippen molar-refractivity contribution >= 4 is 47.8 Å². The van der Waals surface area contributed by atoms with Gasteiger partial charge in [-0.25, -0.2) is 19.2 Å². The lowest BCUT2D eigenvalue weighted by atomic mass is 9.64. The molecule has 4 rings (SSSR count). The highest BCUT2D eigenvalue weighted by molar-refractivity contribution is 6.07. The summed E-state index contributed by atoms with van der Waals surface area (Å²) in [6.45, 7) is 14.9. The average Bonchev–Trinajstić information content (AvgIpc) is 4.03. The van der Waals surface area contributed by atoms with Crippen LogP contribution in [0.2, 0.25) is 0 Å². The van der Waals surface area contributed by atoms with Crippen molar-refractivity contribution < 1.29 is 76.3 Å². The molecule has 0 heterocycles. The van der Waals surface area contributed by atoms with Crippen molar-refractivity contribution in [3.63, 3.8) is 0 Å². The third-order valence-electron chi connectivity index (χ3n) is 13.9. The molecule has 16 heteroatoms. The van der Waals surface area contributed by atoms with Crippen molar-refractivity contribution in [1.82, 2.24) is 0 Å². The molecule has 0 radical (unpaired) electrons. The van der Waals surface area contributed by atoms with Crippen LogP contribution in [0.5, 0.6) is 0 Å². The first-order valence-corrected chi connectivity index (χ1v) is 21.8. The Balaban J connectivity index is 2.12. The van der Waals surface area contributed by atoms with Crippen LogP contribution in [0.3, 0.4) is 0 Å². The molecule has 338 valence electrons. The van der Waals surface area contributed by atoms with Crippen LogP contribution in [0.25, 0.3) is 0 Å². The summed E-state index contributed by atoms with van der Waals surface area (Å²) in [6, 6.07) is 0. The number of rotatable bonds is 19. The Labute approximate surface area is 353 Å². The van der Waals surface area contributed by atoms with Gasteiger partial charge in [0.2, 0.25) is 0 Å². The number of esters is 8. The van der Waals surface area contributed by atoms with Gasteiger partial charge in [-0.15, -0.1) is 0 Å². The molecule has 60 heavy (non-hydrogen) atoms. The van der Waals surface area contributed by atoms with Crippen molar-refractivity contribution in [3.8, 4) is 0 Å². The van der Waals surface area contributed by atoms with E-state index in [4.69, 9.17) is 37.9 Å². The number of carbonyl (C=O) groups is 8. The first kappa shape index (κ1) is 48.4. The van der Waals surface area contributed by atoms with E-state index < -0.39 is 118 Å². The molecular formula is C44H66O16. The van der Waals surface area contributed by atoms with Gasteiger partial charge in [-0.1, -0.05) is 52.4 Å². The highest BCUT2D eigenvalue weighted by atomic mass is 16.6.